The van der Waals surface area contributed by atoms with Crippen molar-refractivity contribution in [2.45, 2.75) is 19.8 Å². The molecule has 4 nitrogen and oxygen atoms in total. The summed E-state index contributed by atoms with van der Waals surface area (Å²) in [5.74, 6) is 2.30. The quantitative estimate of drug-likeness (QED) is 0.923. The third-order valence-electron chi connectivity index (χ3n) is 3.71. The third-order valence-corrected chi connectivity index (χ3v) is 4.20. The molecule has 2 atom stereocenters. The maximum absolute atomic E-state index is 5.45. The minimum atomic E-state index is 0.331. The molecule has 2 aromatic rings. The number of aromatic nitrogens is 2. The summed E-state index contributed by atoms with van der Waals surface area (Å²) in [5.41, 5.74) is 2.16. The van der Waals surface area contributed by atoms with Crippen molar-refractivity contribution in [3.8, 4) is 11.4 Å². The van der Waals surface area contributed by atoms with E-state index in [1.807, 2.05) is 12.1 Å². The normalized spacial score (nSPS) is 22.9. The van der Waals surface area contributed by atoms with Crippen LogP contribution in [0, 0.1) is 12.8 Å². The van der Waals surface area contributed by atoms with Gasteiger partial charge in [-0.15, -0.1) is 0 Å². The Bertz CT molecular complexity index is 596. The van der Waals surface area contributed by atoms with Gasteiger partial charge in [0.1, 0.15) is 0 Å². The van der Waals surface area contributed by atoms with Crippen molar-refractivity contribution in [1.29, 1.82) is 0 Å². The number of hydrogen-bond acceptors (Lipinski definition) is 4. The highest BCUT2D eigenvalue weighted by Crippen LogP contribution is 2.29. The van der Waals surface area contributed by atoms with Gasteiger partial charge in [-0.25, -0.2) is 0 Å². The van der Waals surface area contributed by atoms with Crippen LogP contribution in [-0.2, 0) is 0 Å². The van der Waals surface area contributed by atoms with Gasteiger partial charge in [-0.3, -0.25) is 0 Å². The van der Waals surface area contributed by atoms with Gasteiger partial charge in [0.25, 0.3) is 0 Å². The minimum Gasteiger partial charge on any atom is -0.339 e. The van der Waals surface area contributed by atoms with Crippen molar-refractivity contribution in [1.82, 2.24) is 15.5 Å². The number of halogens is 1. The molecule has 1 aliphatic heterocycles. The fraction of sp³-hybridized carbons (Fsp3) is 0.429. The van der Waals surface area contributed by atoms with Gasteiger partial charge in [-0.05, 0) is 43.1 Å². The Hall–Kier alpha value is -1.20. The first-order chi connectivity index (χ1) is 9.15. The fourth-order valence-electron chi connectivity index (χ4n) is 2.51. The average molecular weight is 322 g/mol. The molecule has 0 aliphatic carbocycles. The molecule has 1 N–H and O–H groups in total. The highest BCUT2D eigenvalue weighted by atomic mass is 79.9. The lowest BCUT2D eigenvalue weighted by atomic mass is 9.98. The lowest BCUT2D eigenvalue weighted by molar-refractivity contribution is 0.340. The van der Waals surface area contributed by atoms with Crippen LogP contribution in [0.3, 0.4) is 0 Å². The van der Waals surface area contributed by atoms with E-state index in [1.54, 1.807) is 0 Å². The monoisotopic (exact) mass is 321 g/mol. The zero-order chi connectivity index (χ0) is 13.4. The first kappa shape index (κ1) is 12.8. The van der Waals surface area contributed by atoms with Gasteiger partial charge in [0, 0.05) is 16.6 Å². The first-order valence-corrected chi connectivity index (χ1v) is 7.25. The van der Waals surface area contributed by atoms with E-state index in [0.717, 1.165) is 34.6 Å². The molecule has 1 aliphatic rings. The Morgan fingerprint density at radius 3 is 2.89 bits per heavy atom. The second kappa shape index (κ2) is 5.06. The summed E-state index contributed by atoms with van der Waals surface area (Å²) >= 11 is 3.46. The van der Waals surface area contributed by atoms with E-state index >= 15 is 0 Å². The second-order valence-electron chi connectivity index (χ2n) is 5.16. The SMILES string of the molecule is Cc1cc(Br)ccc1-c1noc(C2CNCC2C)n1. The Balaban J connectivity index is 1.92. The molecule has 3 rings (SSSR count). The van der Waals surface area contributed by atoms with Crippen LogP contribution in [0.2, 0.25) is 0 Å². The number of benzene rings is 1. The summed E-state index contributed by atoms with van der Waals surface area (Å²) < 4.78 is 6.51. The lowest BCUT2D eigenvalue weighted by Crippen LogP contribution is -2.08. The van der Waals surface area contributed by atoms with E-state index in [1.165, 1.54) is 0 Å². The Morgan fingerprint density at radius 1 is 1.37 bits per heavy atom. The topological polar surface area (TPSA) is 51.0 Å². The van der Waals surface area contributed by atoms with Gasteiger partial charge >= 0.3 is 0 Å². The van der Waals surface area contributed by atoms with Crippen LogP contribution in [0.25, 0.3) is 11.4 Å². The molecule has 2 unspecified atom stereocenters. The minimum absolute atomic E-state index is 0.331. The zero-order valence-corrected chi connectivity index (χ0v) is 12.6. The predicted molar refractivity (Wildman–Crippen MR) is 76.9 cm³/mol. The maximum atomic E-state index is 5.45. The molecule has 0 amide bonds. The van der Waals surface area contributed by atoms with Gasteiger partial charge in [-0.2, -0.15) is 4.98 Å². The van der Waals surface area contributed by atoms with Crippen molar-refractivity contribution in [2.75, 3.05) is 13.1 Å². The maximum Gasteiger partial charge on any atom is 0.231 e. The predicted octanol–water partition coefficient (Wildman–Crippen LogP) is 3.13. The first-order valence-electron chi connectivity index (χ1n) is 6.46. The summed E-state index contributed by atoms with van der Waals surface area (Å²) in [5, 5.41) is 7.48. The lowest BCUT2D eigenvalue weighted by Gasteiger charge is -2.07. The summed E-state index contributed by atoms with van der Waals surface area (Å²) in [7, 11) is 0. The van der Waals surface area contributed by atoms with Crippen molar-refractivity contribution in [2.24, 2.45) is 5.92 Å². The van der Waals surface area contributed by atoms with E-state index in [2.05, 4.69) is 51.3 Å². The standard InChI is InChI=1S/C14H16BrN3O/c1-8-5-10(15)3-4-11(8)13-17-14(19-18-13)12-7-16-6-9(12)2/h3-5,9,12,16H,6-7H2,1-2H3. The molecule has 0 bridgehead atoms. The van der Waals surface area contributed by atoms with Crippen LogP contribution in [-0.4, -0.2) is 23.2 Å². The van der Waals surface area contributed by atoms with E-state index in [4.69, 9.17) is 4.52 Å². The number of hydrogen-bond donors (Lipinski definition) is 1. The molecular formula is C14H16BrN3O. The van der Waals surface area contributed by atoms with Gasteiger partial charge in [0.05, 0.1) is 5.92 Å². The summed E-state index contributed by atoms with van der Waals surface area (Å²) in [6, 6.07) is 6.08. The van der Waals surface area contributed by atoms with Crippen LogP contribution in [0.15, 0.2) is 27.2 Å². The Kier molecular flexibility index (Phi) is 3.41. The molecule has 0 saturated carbocycles. The van der Waals surface area contributed by atoms with Gasteiger partial charge in [0.2, 0.25) is 11.7 Å². The molecule has 0 radical (unpaired) electrons. The van der Waals surface area contributed by atoms with Crippen LogP contribution in [0.1, 0.15) is 24.3 Å². The van der Waals surface area contributed by atoms with Crippen LogP contribution >= 0.6 is 15.9 Å². The molecular weight excluding hydrogens is 306 g/mol. The highest BCUT2D eigenvalue weighted by Gasteiger charge is 2.29. The van der Waals surface area contributed by atoms with Gasteiger partial charge in [0.15, 0.2) is 0 Å². The van der Waals surface area contributed by atoms with E-state index in [-0.39, 0.29) is 0 Å². The van der Waals surface area contributed by atoms with E-state index < -0.39 is 0 Å². The summed E-state index contributed by atoms with van der Waals surface area (Å²) in [4.78, 5) is 4.57. The Labute approximate surface area is 120 Å². The van der Waals surface area contributed by atoms with E-state index in [9.17, 15) is 0 Å². The molecule has 19 heavy (non-hydrogen) atoms. The average Bonchev–Trinajstić information content (AvgIpc) is 2.97. The second-order valence-corrected chi connectivity index (χ2v) is 6.07. The molecule has 5 heteroatoms. The Morgan fingerprint density at radius 2 is 2.21 bits per heavy atom. The number of nitrogens with one attached hydrogen (secondary N) is 1. The largest absolute Gasteiger partial charge is 0.339 e. The van der Waals surface area contributed by atoms with Crippen molar-refractivity contribution in [3.05, 3.63) is 34.1 Å². The molecule has 1 fully saturated rings. The fourth-order valence-corrected chi connectivity index (χ4v) is 2.99. The molecule has 2 heterocycles. The van der Waals surface area contributed by atoms with E-state index in [0.29, 0.717) is 17.7 Å². The van der Waals surface area contributed by atoms with Crippen LogP contribution < -0.4 is 5.32 Å². The van der Waals surface area contributed by atoms with Crippen molar-refractivity contribution in [3.63, 3.8) is 0 Å². The van der Waals surface area contributed by atoms with Gasteiger partial charge < -0.3 is 9.84 Å². The van der Waals surface area contributed by atoms with Gasteiger partial charge in [-0.1, -0.05) is 28.0 Å². The summed E-state index contributed by atoms with van der Waals surface area (Å²) in [6.07, 6.45) is 0. The number of nitrogens with zero attached hydrogens (tertiary/aromatic N) is 2. The molecule has 1 saturated heterocycles. The summed E-state index contributed by atoms with van der Waals surface area (Å²) in [6.45, 7) is 6.19. The molecule has 0 spiro atoms. The van der Waals surface area contributed by atoms with Crippen molar-refractivity contribution >= 4 is 15.9 Å². The molecule has 100 valence electrons. The molecule has 1 aromatic heterocycles. The third kappa shape index (κ3) is 2.44. The van der Waals surface area contributed by atoms with Crippen molar-refractivity contribution < 1.29 is 4.52 Å². The smallest absolute Gasteiger partial charge is 0.231 e. The van der Waals surface area contributed by atoms with Crippen LogP contribution in [0.4, 0.5) is 0 Å². The zero-order valence-electron chi connectivity index (χ0n) is 11.0. The van der Waals surface area contributed by atoms with Crippen LogP contribution in [0.5, 0.6) is 0 Å². The number of aryl methyl sites for hydroxylation is 1. The highest BCUT2D eigenvalue weighted by molar-refractivity contribution is 9.10. The number of rotatable bonds is 2. The molecule has 1 aromatic carbocycles.